The van der Waals surface area contributed by atoms with E-state index in [0.29, 0.717) is 12.2 Å². The maximum atomic E-state index is 12.0. The molecule has 1 aromatic heterocycles. The summed E-state index contributed by atoms with van der Waals surface area (Å²) in [6.45, 7) is 3.87. The molecular formula is C13H22N4O2S. The van der Waals surface area contributed by atoms with E-state index in [4.69, 9.17) is 5.73 Å². The molecule has 0 saturated carbocycles. The van der Waals surface area contributed by atoms with Crippen LogP contribution in [0.25, 0.3) is 0 Å². The predicted molar refractivity (Wildman–Crippen MR) is 78.7 cm³/mol. The molecule has 6 nitrogen and oxygen atoms in total. The number of hydrogen-bond acceptors (Lipinski definition) is 5. The monoisotopic (exact) mass is 298 g/mol. The van der Waals surface area contributed by atoms with Gasteiger partial charge in [0.15, 0.2) is 0 Å². The minimum atomic E-state index is -3.49. The molecule has 0 amide bonds. The van der Waals surface area contributed by atoms with Crippen LogP contribution in [0.2, 0.25) is 0 Å². The lowest BCUT2D eigenvalue weighted by Crippen LogP contribution is -2.26. The van der Waals surface area contributed by atoms with Crippen molar-refractivity contribution in [2.75, 3.05) is 31.9 Å². The summed E-state index contributed by atoms with van der Waals surface area (Å²) in [5.74, 6) is 0. The number of nitrogen functional groups attached to an aromatic ring is 1. The Morgan fingerprint density at radius 1 is 1.25 bits per heavy atom. The van der Waals surface area contributed by atoms with Gasteiger partial charge < -0.3 is 10.6 Å². The van der Waals surface area contributed by atoms with E-state index in [-0.39, 0.29) is 4.90 Å². The molecule has 112 valence electrons. The Morgan fingerprint density at radius 3 is 2.70 bits per heavy atom. The molecule has 0 aliphatic carbocycles. The molecule has 7 heteroatoms. The average Bonchev–Trinajstić information content (AvgIpc) is 2.91. The molecule has 3 N–H and O–H groups in total. The molecule has 1 aliphatic heterocycles. The zero-order valence-corrected chi connectivity index (χ0v) is 12.4. The molecule has 0 atom stereocenters. The van der Waals surface area contributed by atoms with Crippen LogP contribution in [0.15, 0.2) is 23.4 Å². The summed E-state index contributed by atoms with van der Waals surface area (Å²) in [6, 6.07) is 1.42. The molecule has 0 bridgehead atoms. The van der Waals surface area contributed by atoms with E-state index in [9.17, 15) is 8.42 Å². The van der Waals surface area contributed by atoms with Crippen LogP contribution in [0.4, 0.5) is 5.69 Å². The molecule has 0 spiro atoms. The van der Waals surface area contributed by atoms with E-state index in [1.54, 1.807) is 0 Å². The van der Waals surface area contributed by atoms with Gasteiger partial charge in [-0.05, 0) is 51.4 Å². The molecule has 1 saturated heterocycles. The predicted octanol–water partition coefficient (Wildman–Crippen LogP) is 0.818. The van der Waals surface area contributed by atoms with E-state index >= 15 is 0 Å². The van der Waals surface area contributed by atoms with Crippen molar-refractivity contribution in [1.82, 2.24) is 14.6 Å². The van der Waals surface area contributed by atoms with E-state index in [2.05, 4.69) is 14.6 Å². The minimum absolute atomic E-state index is 0.122. The number of likely N-dealkylation sites (tertiary alicyclic amines) is 1. The largest absolute Gasteiger partial charge is 0.397 e. The number of aromatic nitrogens is 1. The van der Waals surface area contributed by atoms with Gasteiger partial charge in [0.05, 0.1) is 5.69 Å². The second-order valence-corrected chi connectivity index (χ2v) is 6.87. The summed E-state index contributed by atoms with van der Waals surface area (Å²) in [5.41, 5.74) is 5.89. The Labute approximate surface area is 120 Å². The third-order valence-electron chi connectivity index (χ3n) is 3.44. The fourth-order valence-electron chi connectivity index (χ4n) is 2.34. The van der Waals surface area contributed by atoms with Crippen LogP contribution in [0.1, 0.15) is 25.7 Å². The third-order valence-corrected chi connectivity index (χ3v) is 4.86. The Kier molecular flexibility index (Phi) is 5.33. The molecule has 1 fully saturated rings. The number of sulfonamides is 1. The fraction of sp³-hybridized carbons (Fsp3) is 0.615. The third kappa shape index (κ3) is 4.43. The van der Waals surface area contributed by atoms with E-state index in [0.717, 1.165) is 19.4 Å². The smallest absolute Gasteiger partial charge is 0.242 e. The molecule has 20 heavy (non-hydrogen) atoms. The van der Waals surface area contributed by atoms with E-state index in [1.807, 2.05) is 0 Å². The Bertz CT molecular complexity index is 527. The van der Waals surface area contributed by atoms with Gasteiger partial charge in [-0.1, -0.05) is 0 Å². The lowest BCUT2D eigenvalue weighted by molar-refractivity contribution is 0.330. The van der Waals surface area contributed by atoms with Gasteiger partial charge >= 0.3 is 0 Å². The Balaban J connectivity index is 1.72. The van der Waals surface area contributed by atoms with Gasteiger partial charge in [-0.2, -0.15) is 0 Å². The highest BCUT2D eigenvalue weighted by Crippen LogP contribution is 2.11. The molecule has 0 radical (unpaired) electrons. The van der Waals surface area contributed by atoms with Crippen LogP contribution < -0.4 is 10.5 Å². The quantitative estimate of drug-likeness (QED) is 0.728. The topological polar surface area (TPSA) is 88.3 Å². The number of rotatable bonds is 7. The first-order chi connectivity index (χ1) is 9.58. The number of anilines is 1. The molecular weight excluding hydrogens is 276 g/mol. The van der Waals surface area contributed by atoms with Gasteiger partial charge in [-0.3, -0.25) is 4.98 Å². The van der Waals surface area contributed by atoms with Gasteiger partial charge in [0.25, 0.3) is 0 Å². The van der Waals surface area contributed by atoms with Gasteiger partial charge in [0, 0.05) is 18.9 Å². The number of pyridine rings is 1. The molecule has 0 unspecified atom stereocenters. The number of hydrogen-bond donors (Lipinski definition) is 2. The highest BCUT2D eigenvalue weighted by Gasteiger charge is 2.14. The summed E-state index contributed by atoms with van der Waals surface area (Å²) in [6.07, 6.45) is 7.16. The van der Waals surface area contributed by atoms with Crippen LogP contribution in [0, 0.1) is 0 Å². The maximum absolute atomic E-state index is 12.0. The van der Waals surface area contributed by atoms with Crippen molar-refractivity contribution in [3.8, 4) is 0 Å². The highest BCUT2D eigenvalue weighted by molar-refractivity contribution is 7.89. The Hall–Kier alpha value is -1.18. The summed E-state index contributed by atoms with van der Waals surface area (Å²) in [4.78, 5) is 6.35. The van der Waals surface area contributed by atoms with Gasteiger partial charge in [0.2, 0.25) is 10.0 Å². The second-order valence-electron chi connectivity index (χ2n) is 5.11. The molecule has 0 aromatic carbocycles. The summed E-state index contributed by atoms with van der Waals surface area (Å²) in [5, 5.41) is 0. The summed E-state index contributed by atoms with van der Waals surface area (Å²) >= 11 is 0. The second kappa shape index (κ2) is 7.01. The van der Waals surface area contributed by atoms with Crippen LogP contribution >= 0.6 is 0 Å². The van der Waals surface area contributed by atoms with E-state index < -0.39 is 10.0 Å². The highest BCUT2D eigenvalue weighted by atomic mass is 32.2. The van der Waals surface area contributed by atoms with Gasteiger partial charge in [0.1, 0.15) is 4.90 Å². The van der Waals surface area contributed by atoms with Crippen LogP contribution in [0.3, 0.4) is 0 Å². The zero-order chi connectivity index (χ0) is 14.4. The van der Waals surface area contributed by atoms with Crippen molar-refractivity contribution >= 4 is 15.7 Å². The van der Waals surface area contributed by atoms with Crippen LogP contribution in [-0.4, -0.2) is 44.5 Å². The first-order valence-electron chi connectivity index (χ1n) is 7.00. The first kappa shape index (κ1) is 15.2. The number of nitrogens with one attached hydrogen (secondary N) is 1. The lowest BCUT2D eigenvalue weighted by Gasteiger charge is -2.14. The van der Waals surface area contributed by atoms with Crippen LogP contribution in [0.5, 0.6) is 0 Å². The number of unbranched alkanes of at least 4 members (excludes halogenated alkanes) is 1. The van der Waals surface area contributed by atoms with Crippen molar-refractivity contribution < 1.29 is 8.42 Å². The maximum Gasteiger partial charge on any atom is 0.242 e. The first-order valence-corrected chi connectivity index (χ1v) is 8.49. The van der Waals surface area contributed by atoms with Crippen molar-refractivity contribution in [2.45, 2.75) is 30.6 Å². The van der Waals surface area contributed by atoms with Crippen molar-refractivity contribution in [2.24, 2.45) is 0 Å². The molecule has 1 aliphatic rings. The van der Waals surface area contributed by atoms with Crippen LogP contribution in [-0.2, 0) is 10.0 Å². The van der Waals surface area contributed by atoms with Gasteiger partial charge in [-0.25, -0.2) is 13.1 Å². The number of nitrogens with two attached hydrogens (primary N) is 1. The van der Waals surface area contributed by atoms with Crippen molar-refractivity contribution in [1.29, 1.82) is 0 Å². The zero-order valence-electron chi connectivity index (χ0n) is 11.6. The van der Waals surface area contributed by atoms with Crippen molar-refractivity contribution in [3.63, 3.8) is 0 Å². The molecule has 1 aromatic rings. The Morgan fingerprint density at radius 2 is 2.00 bits per heavy atom. The minimum Gasteiger partial charge on any atom is -0.397 e. The summed E-state index contributed by atoms with van der Waals surface area (Å²) in [7, 11) is -3.49. The SMILES string of the molecule is Nc1cncc(S(=O)(=O)NCCCCN2CCCC2)c1. The molecule has 2 rings (SSSR count). The standard InChI is InChI=1S/C13H22N4O2S/c14-12-9-13(11-15-10-12)20(18,19)16-5-1-2-6-17-7-3-4-8-17/h9-11,16H,1-8,14H2. The molecule has 2 heterocycles. The normalized spacial score (nSPS) is 16.6. The fourth-order valence-corrected chi connectivity index (χ4v) is 3.41. The average molecular weight is 298 g/mol. The van der Waals surface area contributed by atoms with E-state index in [1.165, 1.54) is 44.4 Å². The lowest BCUT2D eigenvalue weighted by atomic mass is 10.3. The summed E-state index contributed by atoms with van der Waals surface area (Å²) < 4.78 is 26.6. The van der Waals surface area contributed by atoms with Crippen molar-refractivity contribution in [3.05, 3.63) is 18.5 Å². The van der Waals surface area contributed by atoms with Gasteiger partial charge in [-0.15, -0.1) is 0 Å². The number of nitrogens with zero attached hydrogens (tertiary/aromatic N) is 2.